The summed E-state index contributed by atoms with van der Waals surface area (Å²) in [5.74, 6) is 0.0979. The van der Waals surface area contributed by atoms with Gasteiger partial charge in [-0.2, -0.15) is 0 Å². The summed E-state index contributed by atoms with van der Waals surface area (Å²) in [5, 5.41) is 10.8. The van der Waals surface area contributed by atoms with Gasteiger partial charge in [-0.05, 0) is 53.5 Å². The number of nitrogens with two attached hydrogens (primary N) is 2. The van der Waals surface area contributed by atoms with Crippen LogP contribution < -0.4 is 11.5 Å². The molecule has 1 aliphatic heterocycles. The summed E-state index contributed by atoms with van der Waals surface area (Å²) in [6.45, 7) is 2.57. The number of pyridine rings is 1. The van der Waals surface area contributed by atoms with E-state index in [2.05, 4.69) is 9.98 Å². The Kier molecular flexibility index (Phi) is 7.54. The van der Waals surface area contributed by atoms with Crippen molar-refractivity contribution in [1.29, 1.82) is 0 Å². The van der Waals surface area contributed by atoms with E-state index >= 15 is 0 Å². The molecule has 0 fully saturated rings. The number of aliphatic hydroxyl groups is 1. The molecule has 0 saturated carbocycles. The number of carbonyl (C=O) groups excluding carboxylic acids is 1. The average Bonchev–Trinajstić information content (AvgIpc) is 3.03. The molecule has 0 spiro atoms. The maximum atomic E-state index is 13.4. The lowest BCUT2D eigenvalue weighted by atomic mass is 10.0. The topological polar surface area (TPSA) is 127 Å². The molecular weight excluding hydrogens is 442 g/mol. The van der Waals surface area contributed by atoms with Gasteiger partial charge in [0.2, 0.25) is 0 Å². The number of aliphatic imine (C=N–C) groups is 1. The smallest absolute Gasteiger partial charge is 0.273 e. The Morgan fingerprint density at radius 3 is 2.71 bits per heavy atom. The number of fused-ring (bicyclic) bond motifs is 1. The first-order valence-corrected chi connectivity index (χ1v) is 11.5. The number of hydrogen-bond acceptors (Lipinski definition) is 7. The maximum absolute atomic E-state index is 13.4. The van der Waals surface area contributed by atoms with Crippen LogP contribution in [0.25, 0.3) is 17.2 Å². The largest absolute Gasteiger partial charge is 0.399 e. The first-order valence-electron chi connectivity index (χ1n) is 11.5. The molecule has 0 atom stereocenters. The highest BCUT2D eigenvalue weighted by molar-refractivity contribution is 6.05. The van der Waals surface area contributed by atoms with Crippen LogP contribution >= 0.6 is 0 Å². The summed E-state index contributed by atoms with van der Waals surface area (Å²) >= 11 is 0. The summed E-state index contributed by atoms with van der Waals surface area (Å²) in [6.07, 6.45) is 6.13. The maximum Gasteiger partial charge on any atom is 0.273 e. The van der Waals surface area contributed by atoms with Crippen LogP contribution in [-0.2, 0) is 22.8 Å². The van der Waals surface area contributed by atoms with Crippen molar-refractivity contribution in [2.45, 2.75) is 33.0 Å². The number of carbonyl (C=O) groups is 1. The molecule has 3 aromatic rings. The van der Waals surface area contributed by atoms with E-state index in [1.165, 1.54) is 5.06 Å². The molecular formula is C27H29N5O3. The SMILES string of the molecule is CCCN(OCc1cccc(N)c1)C(=O)C1=Cc2ccc(-c3cncc(CO)c3)cc2N=C(N)C1. The highest BCUT2D eigenvalue weighted by Gasteiger charge is 2.22. The molecule has 0 unspecified atom stereocenters. The third kappa shape index (κ3) is 5.92. The van der Waals surface area contributed by atoms with Crippen molar-refractivity contribution in [2.75, 3.05) is 12.3 Å². The Morgan fingerprint density at radius 2 is 1.94 bits per heavy atom. The van der Waals surface area contributed by atoms with Crippen LogP contribution in [0.5, 0.6) is 0 Å². The fraction of sp³-hybridized carbons (Fsp3) is 0.222. The number of aromatic nitrogens is 1. The molecule has 0 saturated heterocycles. The standard InChI is InChI=1S/C27H29N5O3/c1-2-8-32(35-17-18-4-3-5-24(28)10-18)27(34)22-11-21-7-6-20(12-25(21)31-26(29)13-22)23-9-19(16-33)14-30-15-23/h3-7,9-12,14-15,33H,2,8,13,16-17,28H2,1H3,(H2,29,31). The number of rotatable bonds is 8. The van der Waals surface area contributed by atoms with Crippen molar-refractivity contribution in [3.8, 4) is 11.1 Å². The van der Waals surface area contributed by atoms with E-state index in [0.717, 1.165) is 34.2 Å². The van der Waals surface area contributed by atoms with Crippen LogP contribution in [0.15, 0.2) is 71.5 Å². The minimum absolute atomic E-state index is 0.0842. The van der Waals surface area contributed by atoms with Crippen LogP contribution in [0.3, 0.4) is 0 Å². The van der Waals surface area contributed by atoms with E-state index in [4.69, 9.17) is 16.3 Å². The Hall–Kier alpha value is -4.01. The molecule has 4 rings (SSSR count). The molecule has 2 aromatic carbocycles. The molecule has 1 aliphatic rings. The first-order chi connectivity index (χ1) is 17.0. The fourth-order valence-electron chi connectivity index (χ4n) is 3.86. The van der Waals surface area contributed by atoms with Crippen molar-refractivity contribution in [1.82, 2.24) is 10.0 Å². The molecule has 8 heteroatoms. The minimum Gasteiger partial charge on any atom is -0.399 e. The Morgan fingerprint density at radius 1 is 1.09 bits per heavy atom. The highest BCUT2D eigenvalue weighted by atomic mass is 16.7. The second kappa shape index (κ2) is 10.9. The normalized spacial score (nSPS) is 12.9. The Labute approximate surface area is 204 Å². The van der Waals surface area contributed by atoms with Crippen molar-refractivity contribution in [3.63, 3.8) is 0 Å². The van der Waals surface area contributed by atoms with E-state index in [9.17, 15) is 9.90 Å². The fourth-order valence-corrected chi connectivity index (χ4v) is 3.86. The third-order valence-electron chi connectivity index (χ3n) is 5.57. The monoisotopic (exact) mass is 471 g/mol. The van der Waals surface area contributed by atoms with Gasteiger partial charge in [0, 0.05) is 47.7 Å². The van der Waals surface area contributed by atoms with Crippen LogP contribution in [0.2, 0.25) is 0 Å². The van der Waals surface area contributed by atoms with Crippen molar-refractivity contribution >= 4 is 29.2 Å². The minimum atomic E-state index is -0.245. The number of aliphatic hydroxyl groups excluding tert-OH is 1. The van der Waals surface area contributed by atoms with Gasteiger partial charge in [-0.15, -0.1) is 0 Å². The van der Waals surface area contributed by atoms with Gasteiger partial charge in [0.15, 0.2) is 0 Å². The Balaban J connectivity index is 1.59. The van der Waals surface area contributed by atoms with E-state index in [-0.39, 0.29) is 25.5 Å². The Bertz CT molecular complexity index is 1290. The van der Waals surface area contributed by atoms with E-state index in [0.29, 0.717) is 29.3 Å². The number of anilines is 1. The second-order valence-corrected chi connectivity index (χ2v) is 8.39. The highest BCUT2D eigenvalue weighted by Crippen LogP contribution is 2.32. The molecule has 8 nitrogen and oxygen atoms in total. The van der Waals surface area contributed by atoms with Gasteiger partial charge in [-0.1, -0.05) is 31.2 Å². The van der Waals surface area contributed by atoms with Gasteiger partial charge in [0.05, 0.1) is 12.3 Å². The summed E-state index contributed by atoms with van der Waals surface area (Å²) < 4.78 is 0. The number of amides is 1. The molecule has 180 valence electrons. The second-order valence-electron chi connectivity index (χ2n) is 8.39. The molecule has 2 heterocycles. The zero-order valence-corrected chi connectivity index (χ0v) is 19.6. The number of amidine groups is 1. The van der Waals surface area contributed by atoms with Crippen molar-refractivity contribution in [2.24, 2.45) is 10.7 Å². The molecule has 1 aromatic heterocycles. The zero-order valence-electron chi connectivity index (χ0n) is 19.6. The molecule has 1 amide bonds. The van der Waals surface area contributed by atoms with Gasteiger partial charge in [0.1, 0.15) is 12.4 Å². The lowest BCUT2D eigenvalue weighted by Gasteiger charge is -2.22. The van der Waals surface area contributed by atoms with E-state index < -0.39 is 0 Å². The van der Waals surface area contributed by atoms with Crippen LogP contribution in [0.1, 0.15) is 36.5 Å². The van der Waals surface area contributed by atoms with E-state index in [1.54, 1.807) is 18.5 Å². The van der Waals surface area contributed by atoms with Crippen LogP contribution in [-0.4, -0.2) is 33.4 Å². The number of hydroxylamine groups is 2. The summed E-state index contributed by atoms with van der Waals surface area (Å²) in [6, 6.07) is 15.0. The van der Waals surface area contributed by atoms with E-state index in [1.807, 2.05) is 55.5 Å². The quantitative estimate of drug-likeness (QED) is 0.337. The molecule has 0 aliphatic carbocycles. The summed E-state index contributed by atoms with van der Waals surface area (Å²) in [4.78, 5) is 28.0. The number of nitrogens with zero attached hydrogens (tertiary/aromatic N) is 3. The van der Waals surface area contributed by atoms with Gasteiger partial charge < -0.3 is 16.6 Å². The summed E-state index contributed by atoms with van der Waals surface area (Å²) in [5.41, 5.74) is 18.0. The van der Waals surface area contributed by atoms with Gasteiger partial charge in [-0.3, -0.25) is 14.6 Å². The first kappa shape index (κ1) is 24.1. The number of benzene rings is 2. The third-order valence-corrected chi connectivity index (χ3v) is 5.57. The van der Waals surface area contributed by atoms with Gasteiger partial charge >= 0.3 is 0 Å². The van der Waals surface area contributed by atoms with Crippen LogP contribution in [0.4, 0.5) is 11.4 Å². The number of nitrogen functional groups attached to an aromatic ring is 1. The average molecular weight is 472 g/mol. The molecule has 0 radical (unpaired) electrons. The lowest BCUT2D eigenvalue weighted by Crippen LogP contribution is -2.34. The molecule has 0 bridgehead atoms. The molecule has 5 N–H and O–H groups in total. The predicted molar refractivity (Wildman–Crippen MR) is 137 cm³/mol. The summed E-state index contributed by atoms with van der Waals surface area (Å²) in [7, 11) is 0. The van der Waals surface area contributed by atoms with Gasteiger partial charge in [0.25, 0.3) is 5.91 Å². The molecule has 35 heavy (non-hydrogen) atoms. The van der Waals surface area contributed by atoms with Gasteiger partial charge in [-0.25, -0.2) is 10.1 Å². The number of hydrogen-bond donors (Lipinski definition) is 3. The zero-order chi connectivity index (χ0) is 24.8. The van der Waals surface area contributed by atoms with Crippen molar-refractivity contribution in [3.05, 3.63) is 83.2 Å². The van der Waals surface area contributed by atoms with Crippen LogP contribution in [0, 0.1) is 0 Å². The predicted octanol–water partition coefficient (Wildman–Crippen LogP) is 3.97. The van der Waals surface area contributed by atoms with Crippen molar-refractivity contribution < 1.29 is 14.7 Å². The lowest BCUT2D eigenvalue weighted by molar-refractivity contribution is -0.187.